The summed E-state index contributed by atoms with van der Waals surface area (Å²) in [6, 6.07) is 9.11. The normalized spacial score (nSPS) is 22.3. The van der Waals surface area contributed by atoms with E-state index in [1.54, 1.807) is 12.1 Å². The van der Waals surface area contributed by atoms with E-state index in [4.69, 9.17) is 0 Å². The highest BCUT2D eigenvalue weighted by Gasteiger charge is 2.24. The van der Waals surface area contributed by atoms with Crippen LogP contribution >= 0.6 is 0 Å². The summed E-state index contributed by atoms with van der Waals surface area (Å²) in [5, 5.41) is 9.30. The lowest BCUT2D eigenvalue weighted by Crippen LogP contribution is -2.44. The van der Waals surface area contributed by atoms with Crippen LogP contribution in [0.15, 0.2) is 24.3 Å². The molecule has 1 aromatic rings. The first-order valence-corrected chi connectivity index (χ1v) is 7.74. The molecule has 2 heteroatoms. The van der Waals surface area contributed by atoms with Gasteiger partial charge >= 0.3 is 0 Å². The Morgan fingerprint density at radius 2 is 2.00 bits per heavy atom. The Morgan fingerprint density at radius 1 is 1.26 bits per heavy atom. The van der Waals surface area contributed by atoms with Crippen molar-refractivity contribution in [2.24, 2.45) is 0 Å². The Hall–Kier alpha value is -1.02. The first-order valence-electron chi connectivity index (χ1n) is 7.74. The van der Waals surface area contributed by atoms with Crippen LogP contribution < -0.4 is 0 Å². The quantitative estimate of drug-likeness (QED) is 0.866. The maximum Gasteiger partial charge on any atom is 0.115 e. The second-order valence-corrected chi connectivity index (χ2v) is 5.85. The molecule has 0 aromatic heterocycles. The molecular formula is C17H27NO. The zero-order chi connectivity index (χ0) is 13.7. The van der Waals surface area contributed by atoms with Gasteiger partial charge in [-0.2, -0.15) is 0 Å². The summed E-state index contributed by atoms with van der Waals surface area (Å²) in [6.45, 7) is 5.96. The smallest absolute Gasteiger partial charge is 0.115 e. The molecule has 0 aliphatic carbocycles. The zero-order valence-corrected chi connectivity index (χ0v) is 12.3. The third-order valence-electron chi connectivity index (χ3n) is 4.50. The van der Waals surface area contributed by atoms with Gasteiger partial charge in [-0.25, -0.2) is 0 Å². The van der Waals surface area contributed by atoms with Gasteiger partial charge < -0.3 is 5.11 Å². The summed E-state index contributed by atoms with van der Waals surface area (Å²) in [4.78, 5) is 2.71. The number of aromatic hydroxyl groups is 1. The Bertz CT molecular complexity index is 373. The molecule has 1 aromatic carbocycles. The molecule has 0 bridgehead atoms. The number of hydrogen-bond acceptors (Lipinski definition) is 2. The number of likely N-dealkylation sites (tertiary alicyclic amines) is 1. The largest absolute Gasteiger partial charge is 0.508 e. The molecule has 1 saturated heterocycles. The van der Waals surface area contributed by atoms with Gasteiger partial charge in [0, 0.05) is 12.1 Å². The van der Waals surface area contributed by atoms with E-state index in [0.717, 1.165) is 12.5 Å². The number of piperidine rings is 1. The number of phenolic OH excluding ortho intramolecular Hbond substituents is 1. The molecule has 0 spiro atoms. The first kappa shape index (κ1) is 14.4. The van der Waals surface area contributed by atoms with Crippen LogP contribution in [0.5, 0.6) is 5.75 Å². The minimum atomic E-state index is 0.360. The van der Waals surface area contributed by atoms with Gasteiger partial charge in [0.25, 0.3) is 0 Å². The van der Waals surface area contributed by atoms with Gasteiger partial charge in [-0.1, -0.05) is 25.5 Å². The van der Waals surface area contributed by atoms with Gasteiger partial charge in [0.1, 0.15) is 5.75 Å². The molecule has 1 heterocycles. The van der Waals surface area contributed by atoms with E-state index in [1.807, 2.05) is 12.1 Å². The summed E-state index contributed by atoms with van der Waals surface area (Å²) in [5.74, 6) is 0.360. The van der Waals surface area contributed by atoms with Gasteiger partial charge in [-0.3, -0.25) is 4.90 Å². The van der Waals surface area contributed by atoms with Crippen LogP contribution in [0.1, 0.15) is 51.5 Å². The van der Waals surface area contributed by atoms with Crippen LogP contribution in [0.4, 0.5) is 0 Å². The SMILES string of the molecule is CCC1CCCCN1C(C)CCc1ccc(O)cc1. The molecule has 2 nitrogen and oxygen atoms in total. The van der Waals surface area contributed by atoms with Crippen molar-refractivity contribution in [3.05, 3.63) is 29.8 Å². The summed E-state index contributed by atoms with van der Waals surface area (Å²) in [7, 11) is 0. The van der Waals surface area contributed by atoms with Gasteiger partial charge in [0.15, 0.2) is 0 Å². The van der Waals surface area contributed by atoms with Crippen molar-refractivity contribution in [1.29, 1.82) is 0 Å². The molecule has 0 radical (unpaired) electrons. The van der Waals surface area contributed by atoms with E-state index in [2.05, 4.69) is 18.7 Å². The van der Waals surface area contributed by atoms with E-state index in [9.17, 15) is 5.11 Å². The van der Waals surface area contributed by atoms with Gasteiger partial charge in [-0.15, -0.1) is 0 Å². The zero-order valence-electron chi connectivity index (χ0n) is 12.3. The summed E-state index contributed by atoms with van der Waals surface area (Å²) in [5.41, 5.74) is 1.33. The number of phenols is 1. The van der Waals surface area contributed by atoms with E-state index < -0.39 is 0 Å². The van der Waals surface area contributed by atoms with Crippen LogP contribution in [0.3, 0.4) is 0 Å². The minimum absolute atomic E-state index is 0.360. The monoisotopic (exact) mass is 261 g/mol. The highest BCUT2D eigenvalue weighted by Crippen LogP contribution is 2.24. The van der Waals surface area contributed by atoms with Crippen LogP contribution in [0.2, 0.25) is 0 Å². The van der Waals surface area contributed by atoms with E-state index in [1.165, 1.54) is 44.2 Å². The van der Waals surface area contributed by atoms with Gasteiger partial charge in [-0.05, 0) is 63.3 Å². The van der Waals surface area contributed by atoms with Crippen LogP contribution in [0, 0.1) is 0 Å². The van der Waals surface area contributed by atoms with Crippen molar-refractivity contribution in [1.82, 2.24) is 4.90 Å². The van der Waals surface area contributed by atoms with Crippen LogP contribution in [-0.2, 0) is 6.42 Å². The van der Waals surface area contributed by atoms with Crippen molar-refractivity contribution in [3.63, 3.8) is 0 Å². The Kier molecular flexibility index (Phi) is 5.26. The molecule has 1 N–H and O–H groups in total. The average Bonchev–Trinajstić information content (AvgIpc) is 2.46. The second kappa shape index (κ2) is 6.95. The number of benzene rings is 1. The maximum absolute atomic E-state index is 9.30. The fourth-order valence-electron chi connectivity index (χ4n) is 3.25. The van der Waals surface area contributed by atoms with E-state index >= 15 is 0 Å². The molecular weight excluding hydrogens is 234 g/mol. The molecule has 1 fully saturated rings. The molecule has 19 heavy (non-hydrogen) atoms. The topological polar surface area (TPSA) is 23.5 Å². The van der Waals surface area contributed by atoms with E-state index in [-0.39, 0.29) is 0 Å². The standard InChI is InChI=1S/C17H27NO/c1-3-16-6-4-5-13-18(16)14(2)7-8-15-9-11-17(19)12-10-15/h9-12,14,16,19H,3-8,13H2,1-2H3. The summed E-state index contributed by atoms with van der Waals surface area (Å²) < 4.78 is 0. The molecule has 0 saturated carbocycles. The maximum atomic E-state index is 9.30. The third kappa shape index (κ3) is 3.97. The lowest BCUT2D eigenvalue weighted by atomic mass is 9.96. The minimum Gasteiger partial charge on any atom is -0.508 e. The second-order valence-electron chi connectivity index (χ2n) is 5.85. The molecule has 0 amide bonds. The number of nitrogens with zero attached hydrogens (tertiary/aromatic N) is 1. The fraction of sp³-hybridized carbons (Fsp3) is 0.647. The number of hydrogen-bond donors (Lipinski definition) is 1. The molecule has 1 aliphatic heterocycles. The van der Waals surface area contributed by atoms with Gasteiger partial charge in [0.05, 0.1) is 0 Å². The van der Waals surface area contributed by atoms with Crippen molar-refractivity contribution < 1.29 is 5.11 Å². The fourth-order valence-corrected chi connectivity index (χ4v) is 3.25. The molecule has 106 valence electrons. The predicted octanol–water partition coefficient (Wildman–Crippen LogP) is 3.98. The number of rotatable bonds is 5. The lowest BCUT2D eigenvalue weighted by Gasteiger charge is -2.39. The predicted molar refractivity (Wildman–Crippen MR) is 80.5 cm³/mol. The molecule has 1 aliphatic rings. The van der Waals surface area contributed by atoms with Crippen LogP contribution in [-0.4, -0.2) is 28.6 Å². The highest BCUT2D eigenvalue weighted by molar-refractivity contribution is 5.25. The Labute approximate surface area is 117 Å². The molecule has 2 atom stereocenters. The van der Waals surface area contributed by atoms with Crippen molar-refractivity contribution >= 4 is 0 Å². The van der Waals surface area contributed by atoms with Crippen molar-refractivity contribution in [2.75, 3.05) is 6.54 Å². The van der Waals surface area contributed by atoms with Gasteiger partial charge in [0.2, 0.25) is 0 Å². The van der Waals surface area contributed by atoms with Crippen LogP contribution in [0.25, 0.3) is 0 Å². The lowest BCUT2D eigenvalue weighted by molar-refractivity contribution is 0.0956. The average molecular weight is 261 g/mol. The Balaban J connectivity index is 1.85. The summed E-state index contributed by atoms with van der Waals surface area (Å²) >= 11 is 0. The summed E-state index contributed by atoms with van der Waals surface area (Å²) in [6.07, 6.45) is 7.74. The van der Waals surface area contributed by atoms with E-state index in [0.29, 0.717) is 11.8 Å². The highest BCUT2D eigenvalue weighted by atomic mass is 16.3. The molecule has 2 unspecified atom stereocenters. The van der Waals surface area contributed by atoms with Crippen molar-refractivity contribution in [3.8, 4) is 5.75 Å². The first-order chi connectivity index (χ1) is 9.20. The third-order valence-corrected chi connectivity index (χ3v) is 4.50. The Morgan fingerprint density at radius 3 is 2.68 bits per heavy atom. The van der Waals surface area contributed by atoms with Crippen molar-refractivity contribution in [2.45, 2.75) is 64.5 Å². The number of aryl methyl sites for hydroxylation is 1. The molecule has 2 rings (SSSR count).